The summed E-state index contributed by atoms with van der Waals surface area (Å²) < 4.78 is 0. The predicted octanol–water partition coefficient (Wildman–Crippen LogP) is 4.06. The van der Waals surface area contributed by atoms with Gasteiger partial charge in [0, 0.05) is 19.3 Å². The molecule has 0 saturated heterocycles. The first-order valence-electron chi connectivity index (χ1n) is 5.96. The Balaban J connectivity index is 3.54. The second-order valence-electron chi connectivity index (χ2n) is 4.63. The fraction of sp³-hybridized carbons (Fsp3) is 0.846. The molecule has 0 spiro atoms. The van der Waals surface area contributed by atoms with Gasteiger partial charge in [-0.05, 0) is 25.2 Å². The molecule has 0 radical (unpaired) electrons. The average molecular weight is 197 g/mol. The Kier molecular flexibility index (Phi) is 7.64. The van der Waals surface area contributed by atoms with Gasteiger partial charge in [0.2, 0.25) is 0 Å². The van der Waals surface area contributed by atoms with Crippen LogP contribution in [0.3, 0.4) is 0 Å². The molecule has 0 heterocycles. The van der Waals surface area contributed by atoms with Crippen molar-refractivity contribution in [2.75, 3.05) is 13.6 Å². The zero-order valence-electron chi connectivity index (χ0n) is 10.5. The van der Waals surface area contributed by atoms with Gasteiger partial charge in [-0.2, -0.15) is 0 Å². The third-order valence-electron chi connectivity index (χ3n) is 2.65. The lowest BCUT2D eigenvalue weighted by Crippen LogP contribution is -2.19. The molecule has 0 unspecified atom stereocenters. The molecule has 0 N–H and O–H groups in total. The highest BCUT2D eigenvalue weighted by Crippen LogP contribution is 2.12. The SMILES string of the molecule is C=C(CCCCC)N(C)CCC(C)C. The lowest BCUT2D eigenvalue weighted by Gasteiger charge is -2.22. The van der Waals surface area contributed by atoms with E-state index in [4.69, 9.17) is 0 Å². The van der Waals surface area contributed by atoms with Crippen LogP contribution < -0.4 is 0 Å². The van der Waals surface area contributed by atoms with Crippen LogP contribution in [-0.2, 0) is 0 Å². The summed E-state index contributed by atoms with van der Waals surface area (Å²) >= 11 is 0. The molecule has 0 aliphatic heterocycles. The van der Waals surface area contributed by atoms with E-state index < -0.39 is 0 Å². The molecule has 1 heteroatoms. The maximum Gasteiger partial charge on any atom is 0.0174 e. The summed E-state index contributed by atoms with van der Waals surface area (Å²) in [6.45, 7) is 12.1. The van der Waals surface area contributed by atoms with Crippen molar-refractivity contribution < 1.29 is 0 Å². The molecule has 0 aromatic heterocycles. The fourth-order valence-electron chi connectivity index (χ4n) is 1.38. The summed E-state index contributed by atoms with van der Waals surface area (Å²) in [5.41, 5.74) is 1.30. The number of hydrogen-bond donors (Lipinski definition) is 0. The van der Waals surface area contributed by atoms with Crippen molar-refractivity contribution in [1.82, 2.24) is 4.90 Å². The first kappa shape index (κ1) is 13.5. The van der Waals surface area contributed by atoms with Gasteiger partial charge in [-0.15, -0.1) is 0 Å². The molecule has 0 saturated carbocycles. The molecule has 0 amide bonds. The second-order valence-corrected chi connectivity index (χ2v) is 4.63. The number of hydrogen-bond acceptors (Lipinski definition) is 1. The Morgan fingerprint density at radius 2 is 1.93 bits per heavy atom. The van der Waals surface area contributed by atoms with E-state index in [-0.39, 0.29) is 0 Å². The van der Waals surface area contributed by atoms with Crippen LogP contribution >= 0.6 is 0 Å². The minimum atomic E-state index is 0.792. The van der Waals surface area contributed by atoms with Gasteiger partial charge < -0.3 is 4.90 Å². The molecular formula is C13H27N. The lowest BCUT2D eigenvalue weighted by molar-refractivity contribution is 0.363. The van der Waals surface area contributed by atoms with Crippen LogP contribution in [-0.4, -0.2) is 18.5 Å². The van der Waals surface area contributed by atoms with Gasteiger partial charge in [-0.1, -0.05) is 40.2 Å². The van der Waals surface area contributed by atoms with Crippen molar-refractivity contribution in [1.29, 1.82) is 0 Å². The van der Waals surface area contributed by atoms with Gasteiger partial charge in [0.05, 0.1) is 0 Å². The maximum atomic E-state index is 4.13. The average Bonchev–Trinajstić information content (AvgIpc) is 2.14. The first-order valence-corrected chi connectivity index (χ1v) is 5.96. The number of unbranched alkanes of at least 4 members (excludes halogenated alkanes) is 2. The van der Waals surface area contributed by atoms with E-state index >= 15 is 0 Å². The van der Waals surface area contributed by atoms with E-state index in [0.29, 0.717) is 0 Å². The first-order chi connectivity index (χ1) is 6.57. The monoisotopic (exact) mass is 197 g/mol. The smallest absolute Gasteiger partial charge is 0.0174 e. The van der Waals surface area contributed by atoms with Crippen LogP contribution in [0.15, 0.2) is 12.3 Å². The Morgan fingerprint density at radius 1 is 1.29 bits per heavy atom. The quantitative estimate of drug-likeness (QED) is 0.530. The fourth-order valence-corrected chi connectivity index (χ4v) is 1.38. The molecular weight excluding hydrogens is 170 g/mol. The maximum absolute atomic E-state index is 4.13. The van der Waals surface area contributed by atoms with Crippen LogP contribution in [0.2, 0.25) is 0 Å². The van der Waals surface area contributed by atoms with Crippen LogP contribution in [0, 0.1) is 5.92 Å². The van der Waals surface area contributed by atoms with E-state index in [1.165, 1.54) is 37.8 Å². The molecule has 0 aliphatic carbocycles. The van der Waals surface area contributed by atoms with E-state index in [0.717, 1.165) is 12.5 Å². The topological polar surface area (TPSA) is 3.24 Å². The summed E-state index contributed by atoms with van der Waals surface area (Å²) in [6, 6.07) is 0. The van der Waals surface area contributed by atoms with Crippen LogP contribution in [0.1, 0.15) is 52.9 Å². The zero-order valence-corrected chi connectivity index (χ0v) is 10.5. The Morgan fingerprint density at radius 3 is 2.43 bits per heavy atom. The summed E-state index contributed by atoms with van der Waals surface area (Å²) in [7, 11) is 2.16. The number of nitrogens with zero attached hydrogens (tertiary/aromatic N) is 1. The number of allylic oxidation sites excluding steroid dienone is 1. The summed E-state index contributed by atoms with van der Waals surface area (Å²) in [5.74, 6) is 0.792. The van der Waals surface area contributed by atoms with Crippen molar-refractivity contribution in [2.45, 2.75) is 52.9 Å². The molecule has 1 nitrogen and oxygen atoms in total. The molecule has 0 aromatic rings. The van der Waals surface area contributed by atoms with Gasteiger partial charge in [-0.25, -0.2) is 0 Å². The Hall–Kier alpha value is -0.460. The molecule has 0 fully saturated rings. The third-order valence-corrected chi connectivity index (χ3v) is 2.65. The summed E-state index contributed by atoms with van der Waals surface area (Å²) in [6.07, 6.45) is 6.35. The van der Waals surface area contributed by atoms with Gasteiger partial charge in [0.25, 0.3) is 0 Å². The van der Waals surface area contributed by atoms with Crippen molar-refractivity contribution in [3.05, 3.63) is 12.3 Å². The van der Waals surface area contributed by atoms with Crippen molar-refractivity contribution in [3.63, 3.8) is 0 Å². The predicted molar refractivity (Wildman–Crippen MR) is 65.4 cm³/mol. The third kappa shape index (κ3) is 6.99. The van der Waals surface area contributed by atoms with Gasteiger partial charge in [-0.3, -0.25) is 0 Å². The molecule has 0 atom stereocenters. The zero-order chi connectivity index (χ0) is 11.0. The van der Waals surface area contributed by atoms with E-state index in [2.05, 4.69) is 39.3 Å². The normalized spacial score (nSPS) is 10.6. The van der Waals surface area contributed by atoms with E-state index in [1.54, 1.807) is 0 Å². The largest absolute Gasteiger partial charge is 0.378 e. The lowest BCUT2D eigenvalue weighted by atomic mass is 10.1. The Bertz CT molecular complexity index is 149. The van der Waals surface area contributed by atoms with Gasteiger partial charge >= 0.3 is 0 Å². The molecule has 14 heavy (non-hydrogen) atoms. The Labute approximate surface area is 90.2 Å². The van der Waals surface area contributed by atoms with E-state index in [1.807, 2.05) is 0 Å². The van der Waals surface area contributed by atoms with Gasteiger partial charge in [0.15, 0.2) is 0 Å². The number of rotatable bonds is 8. The minimum absolute atomic E-state index is 0.792. The highest BCUT2D eigenvalue weighted by Gasteiger charge is 2.02. The molecule has 0 bridgehead atoms. The minimum Gasteiger partial charge on any atom is -0.378 e. The van der Waals surface area contributed by atoms with Crippen molar-refractivity contribution >= 4 is 0 Å². The molecule has 0 aliphatic rings. The standard InChI is InChI=1S/C13H27N/c1-6-7-8-9-13(4)14(5)11-10-12(2)3/h12H,4,6-11H2,1-3,5H3. The summed E-state index contributed by atoms with van der Waals surface area (Å²) in [4.78, 5) is 2.32. The van der Waals surface area contributed by atoms with Gasteiger partial charge in [0.1, 0.15) is 0 Å². The molecule has 0 aromatic carbocycles. The van der Waals surface area contributed by atoms with Crippen LogP contribution in [0.25, 0.3) is 0 Å². The summed E-state index contributed by atoms with van der Waals surface area (Å²) in [5, 5.41) is 0. The van der Waals surface area contributed by atoms with Crippen LogP contribution in [0.4, 0.5) is 0 Å². The van der Waals surface area contributed by atoms with E-state index in [9.17, 15) is 0 Å². The highest BCUT2D eigenvalue weighted by atomic mass is 15.1. The molecule has 84 valence electrons. The van der Waals surface area contributed by atoms with Crippen molar-refractivity contribution in [3.8, 4) is 0 Å². The van der Waals surface area contributed by atoms with Crippen LogP contribution in [0.5, 0.6) is 0 Å². The van der Waals surface area contributed by atoms with Crippen molar-refractivity contribution in [2.24, 2.45) is 5.92 Å². The highest BCUT2D eigenvalue weighted by molar-refractivity contribution is 4.91. The molecule has 0 rings (SSSR count). The second kappa shape index (κ2) is 7.90.